The molecule has 92 valence electrons. The summed E-state index contributed by atoms with van der Waals surface area (Å²) in [5.74, 6) is 8.44. The molecule has 3 heteroatoms. The van der Waals surface area contributed by atoms with E-state index in [0.29, 0.717) is 6.42 Å². The molecule has 0 amide bonds. The lowest BCUT2D eigenvalue weighted by atomic mass is 9.81. The molecule has 1 fully saturated rings. The summed E-state index contributed by atoms with van der Waals surface area (Å²) in [6.07, 6.45) is 10.9. The zero-order valence-electron chi connectivity index (χ0n) is 10.6. The van der Waals surface area contributed by atoms with E-state index in [1.54, 1.807) is 0 Å². The Hall–Kier alpha value is -0.560. The van der Waals surface area contributed by atoms with E-state index in [2.05, 4.69) is 30.1 Å². The van der Waals surface area contributed by atoms with E-state index < -0.39 is 0 Å². The van der Waals surface area contributed by atoms with E-state index in [1.807, 2.05) is 0 Å². The summed E-state index contributed by atoms with van der Waals surface area (Å²) in [5, 5.41) is 0. The molecule has 1 unspecified atom stereocenters. The molecule has 1 rings (SSSR count). The average molecular weight is 223 g/mol. The maximum atomic E-state index is 5.69. The van der Waals surface area contributed by atoms with Crippen molar-refractivity contribution in [3.05, 3.63) is 0 Å². The summed E-state index contributed by atoms with van der Waals surface area (Å²) in [7, 11) is 0. The van der Waals surface area contributed by atoms with Crippen LogP contribution in [0.3, 0.4) is 0 Å². The highest BCUT2D eigenvalue weighted by molar-refractivity contribution is 5.04. The van der Waals surface area contributed by atoms with Crippen molar-refractivity contribution in [1.82, 2.24) is 10.3 Å². The fourth-order valence-corrected chi connectivity index (χ4v) is 3.09. The highest BCUT2D eigenvalue weighted by Crippen LogP contribution is 2.32. The minimum absolute atomic E-state index is 0.137. The SMILES string of the molecule is C#CCC(NN)C(CC)(CC)N1CCCC1. The zero-order valence-corrected chi connectivity index (χ0v) is 10.6. The lowest BCUT2D eigenvalue weighted by Crippen LogP contribution is -2.61. The van der Waals surface area contributed by atoms with E-state index >= 15 is 0 Å². The van der Waals surface area contributed by atoms with E-state index in [-0.39, 0.29) is 11.6 Å². The van der Waals surface area contributed by atoms with Crippen LogP contribution in [0.2, 0.25) is 0 Å². The molecular weight excluding hydrogens is 198 g/mol. The van der Waals surface area contributed by atoms with Crippen LogP contribution in [0.5, 0.6) is 0 Å². The molecule has 3 nitrogen and oxygen atoms in total. The zero-order chi connectivity index (χ0) is 12.0. The van der Waals surface area contributed by atoms with E-state index in [0.717, 1.165) is 12.8 Å². The second kappa shape index (κ2) is 6.24. The summed E-state index contributed by atoms with van der Waals surface area (Å²) in [6.45, 7) is 6.85. The topological polar surface area (TPSA) is 41.3 Å². The normalized spacial score (nSPS) is 19.6. The number of hydrogen-bond donors (Lipinski definition) is 2. The van der Waals surface area contributed by atoms with Crippen LogP contribution in [0.15, 0.2) is 0 Å². The Morgan fingerprint density at radius 3 is 2.31 bits per heavy atom. The quantitative estimate of drug-likeness (QED) is 0.407. The summed E-state index contributed by atoms with van der Waals surface area (Å²) >= 11 is 0. The van der Waals surface area contributed by atoms with Crippen molar-refractivity contribution in [2.45, 2.75) is 57.5 Å². The van der Waals surface area contributed by atoms with Gasteiger partial charge in [-0.3, -0.25) is 16.2 Å². The van der Waals surface area contributed by atoms with Crippen LogP contribution in [0.4, 0.5) is 0 Å². The number of nitrogens with two attached hydrogens (primary N) is 1. The van der Waals surface area contributed by atoms with Gasteiger partial charge in [-0.05, 0) is 38.8 Å². The Morgan fingerprint density at radius 2 is 1.94 bits per heavy atom. The Balaban J connectivity index is 2.87. The number of terminal acetylenes is 1. The average Bonchev–Trinajstić information content (AvgIpc) is 2.84. The molecule has 0 aromatic rings. The summed E-state index contributed by atoms with van der Waals surface area (Å²) in [4.78, 5) is 2.58. The Bertz CT molecular complexity index is 234. The van der Waals surface area contributed by atoms with Gasteiger partial charge in [0.15, 0.2) is 0 Å². The Labute approximate surface area is 99.7 Å². The third-order valence-corrected chi connectivity index (χ3v) is 4.13. The number of hydrazine groups is 1. The van der Waals surface area contributed by atoms with Crippen molar-refractivity contribution < 1.29 is 0 Å². The maximum Gasteiger partial charge on any atom is 0.0503 e. The highest BCUT2D eigenvalue weighted by Gasteiger charge is 2.41. The van der Waals surface area contributed by atoms with Crippen LogP contribution in [-0.2, 0) is 0 Å². The predicted octanol–water partition coefficient (Wildman–Crippen LogP) is 1.50. The number of nitrogens with zero attached hydrogens (tertiary/aromatic N) is 1. The third kappa shape index (κ3) is 2.40. The second-order valence-corrected chi connectivity index (χ2v) is 4.63. The van der Waals surface area contributed by atoms with Gasteiger partial charge in [-0.1, -0.05) is 13.8 Å². The number of likely N-dealkylation sites (tertiary alicyclic amines) is 1. The molecule has 1 aliphatic heterocycles. The van der Waals surface area contributed by atoms with Crippen LogP contribution in [0.25, 0.3) is 0 Å². The molecule has 1 heterocycles. The first-order valence-electron chi connectivity index (χ1n) is 6.39. The van der Waals surface area contributed by atoms with E-state index in [9.17, 15) is 0 Å². The second-order valence-electron chi connectivity index (χ2n) is 4.63. The van der Waals surface area contributed by atoms with Crippen LogP contribution < -0.4 is 11.3 Å². The first-order chi connectivity index (χ1) is 7.75. The summed E-state index contributed by atoms with van der Waals surface area (Å²) < 4.78 is 0. The molecule has 1 atom stereocenters. The van der Waals surface area contributed by atoms with Gasteiger partial charge in [-0.25, -0.2) is 0 Å². The number of hydrogen-bond acceptors (Lipinski definition) is 3. The Morgan fingerprint density at radius 1 is 1.38 bits per heavy atom. The van der Waals surface area contributed by atoms with Gasteiger partial charge in [0, 0.05) is 12.0 Å². The lowest BCUT2D eigenvalue weighted by molar-refractivity contribution is 0.0639. The minimum atomic E-state index is 0.137. The van der Waals surface area contributed by atoms with Crippen LogP contribution >= 0.6 is 0 Å². The largest absolute Gasteiger partial charge is 0.296 e. The van der Waals surface area contributed by atoms with Gasteiger partial charge >= 0.3 is 0 Å². The maximum absolute atomic E-state index is 5.69. The standard InChI is InChI=1S/C13H25N3/c1-4-9-12(15-14)13(5-2,6-3)16-10-7-8-11-16/h1,12,15H,5-11,14H2,2-3H3. The van der Waals surface area contributed by atoms with Crippen molar-refractivity contribution in [3.8, 4) is 12.3 Å². The molecule has 0 aromatic heterocycles. The molecule has 16 heavy (non-hydrogen) atoms. The van der Waals surface area contributed by atoms with Crippen molar-refractivity contribution in [2.75, 3.05) is 13.1 Å². The van der Waals surface area contributed by atoms with Gasteiger partial charge in [0.25, 0.3) is 0 Å². The molecule has 0 spiro atoms. The molecule has 0 saturated carbocycles. The molecule has 0 aromatic carbocycles. The monoisotopic (exact) mass is 223 g/mol. The van der Waals surface area contributed by atoms with E-state index in [1.165, 1.54) is 25.9 Å². The van der Waals surface area contributed by atoms with Crippen LogP contribution in [0, 0.1) is 12.3 Å². The summed E-state index contributed by atoms with van der Waals surface area (Å²) in [6, 6.07) is 0.200. The number of nitrogens with one attached hydrogen (secondary N) is 1. The van der Waals surface area contributed by atoms with Gasteiger partial charge in [0.05, 0.1) is 6.04 Å². The highest BCUT2D eigenvalue weighted by atomic mass is 15.3. The van der Waals surface area contributed by atoms with Crippen molar-refractivity contribution in [3.63, 3.8) is 0 Å². The van der Waals surface area contributed by atoms with Gasteiger partial charge < -0.3 is 0 Å². The van der Waals surface area contributed by atoms with Crippen LogP contribution in [-0.4, -0.2) is 29.6 Å². The molecular formula is C13H25N3. The third-order valence-electron chi connectivity index (χ3n) is 4.13. The first kappa shape index (κ1) is 13.5. The smallest absolute Gasteiger partial charge is 0.0503 e. The van der Waals surface area contributed by atoms with Crippen LogP contribution in [0.1, 0.15) is 46.0 Å². The molecule has 0 bridgehead atoms. The van der Waals surface area contributed by atoms with Gasteiger partial charge in [-0.2, -0.15) is 0 Å². The minimum Gasteiger partial charge on any atom is -0.296 e. The van der Waals surface area contributed by atoms with Crippen molar-refractivity contribution in [1.29, 1.82) is 0 Å². The first-order valence-corrected chi connectivity index (χ1v) is 6.39. The van der Waals surface area contributed by atoms with Gasteiger partial charge in [-0.15, -0.1) is 12.3 Å². The molecule has 1 saturated heterocycles. The number of rotatable bonds is 6. The Kier molecular flexibility index (Phi) is 5.27. The summed E-state index contributed by atoms with van der Waals surface area (Å²) in [5.41, 5.74) is 3.08. The lowest BCUT2D eigenvalue weighted by Gasteiger charge is -2.46. The van der Waals surface area contributed by atoms with Crippen molar-refractivity contribution >= 4 is 0 Å². The van der Waals surface area contributed by atoms with Crippen molar-refractivity contribution in [2.24, 2.45) is 5.84 Å². The van der Waals surface area contributed by atoms with Gasteiger partial charge in [0.2, 0.25) is 0 Å². The molecule has 1 aliphatic rings. The molecule has 0 radical (unpaired) electrons. The fourth-order valence-electron chi connectivity index (χ4n) is 3.09. The molecule has 3 N–H and O–H groups in total. The van der Waals surface area contributed by atoms with Gasteiger partial charge in [0.1, 0.15) is 0 Å². The predicted molar refractivity (Wildman–Crippen MR) is 68.7 cm³/mol. The molecule has 0 aliphatic carbocycles. The van der Waals surface area contributed by atoms with E-state index in [4.69, 9.17) is 12.3 Å². The fraction of sp³-hybridized carbons (Fsp3) is 0.846.